The number of aliphatic hydroxyl groups is 3. The molecule has 0 bridgehead atoms. The second-order valence-electron chi connectivity index (χ2n) is 3.40. The second-order valence-corrected chi connectivity index (χ2v) is 3.40. The topological polar surface area (TPSA) is 107 Å². The monoisotopic (exact) mass is 203 g/mol. The van der Waals surface area contributed by atoms with E-state index in [0.717, 1.165) is 0 Å². The van der Waals surface area contributed by atoms with Crippen molar-refractivity contribution >= 4 is 11.7 Å². The molecule has 80 valence electrons. The predicted molar refractivity (Wildman–Crippen MR) is 45.2 cm³/mol. The number of nitrogens with one attached hydrogen (secondary N) is 1. The van der Waals surface area contributed by atoms with Crippen LogP contribution in [0.5, 0.6) is 0 Å². The van der Waals surface area contributed by atoms with Crippen LogP contribution in [0.15, 0.2) is 0 Å². The summed E-state index contributed by atoms with van der Waals surface area (Å²) in [6.45, 7) is 1.24. The predicted octanol–water partition coefficient (Wildman–Crippen LogP) is -2.45. The number of carbonyl (C=O) groups excluding carboxylic acids is 2. The van der Waals surface area contributed by atoms with Gasteiger partial charge in [0.15, 0.2) is 5.78 Å². The maximum atomic E-state index is 11.1. The summed E-state index contributed by atoms with van der Waals surface area (Å²) in [6.07, 6.45) is -4.58. The molecule has 1 fully saturated rings. The Morgan fingerprint density at radius 1 is 1.36 bits per heavy atom. The Kier molecular flexibility index (Phi) is 3.20. The Balaban J connectivity index is 2.70. The molecule has 1 amide bonds. The molecule has 1 aliphatic rings. The molecule has 0 aromatic heterocycles. The SMILES string of the molecule is CC(=O)N[C@@H]1CC(=O)[C@@H](O)[C@H](O)[C@H]1O. The second kappa shape index (κ2) is 4.04. The van der Waals surface area contributed by atoms with Crippen molar-refractivity contribution in [2.24, 2.45) is 0 Å². The van der Waals surface area contributed by atoms with Crippen LogP contribution in [-0.2, 0) is 9.59 Å². The summed E-state index contributed by atoms with van der Waals surface area (Å²) in [4.78, 5) is 21.7. The van der Waals surface area contributed by atoms with Gasteiger partial charge in [-0.1, -0.05) is 0 Å². The van der Waals surface area contributed by atoms with Crippen molar-refractivity contribution in [3.05, 3.63) is 0 Å². The van der Waals surface area contributed by atoms with E-state index in [1.54, 1.807) is 0 Å². The number of rotatable bonds is 1. The lowest BCUT2D eigenvalue weighted by Crippen LogP contribution is -2.59. The zero-order chi connectivity index (χ0) is 10.9. The van der Waals surface area contributed by atoms with Crippen LogP contribution in [0.2, 0.25) is 0 Å². The summed E-state index contributed by atoms with van der Waals surface area (Å²) in [5.74, 6) is -0.980. The minimum atomic E-state index is -1.56. The minimum Gasteiger partial charge on any atom is -0.388 e. The van der Waals surface area contributed by atoms with Crippen LogP contribution in [-0.4, -0.2) is 51.4 Å². The maximum Gasteiger partial charge on any atom is 0.217 e. The lowest BCUT2D eigenvalue weighted by molar-refractivity contribution is -0.151. The highest BCUT2D eigenvalue weighted by Gasteiger charge is 2.41. The lowest BCUT2D eigenvalue weighted by atomic mass is 9.87. The minimum absolute atomic E-state index is 0.168. The maximum absolute atomic E-state index is 11.1. The molecule has 4 N–H and O–H groups in total. The number of hydrogen-bond acceptors (Lipinski definition) is 5. The first kappa shape index (κ1) is 11.1. The summed E-state index contributed by atoms with van der Waals surface area (Å²) in [6, 6.07) is -0.821. The Morgan fingerprint density at radius 2 is 1.93 bits per heavy atom. The van der Waals surface area contributed by atoms with Crippen molar-refractivity contribution < 1.29 is 24.9 Å². The first-order chi connectivity index (χ1) is 6.43. The normalized spacial score (nSPS) is 38.1. The fourth-order valence-electron chi connectivity index (χ4n) is 1.47. The molecule has 0 saturated heterocycles. The summed E-state index contributed by atoms with van der Waals surface area (Å²) in [7, 11) is 0. The Hall–Kier alpha value is -0.980. The molecule has 0 aromatic carbocycles. The van der Waals surface area contributed by atoms with Gasteiger partial charge in [-0.2, -0.15) is 0 Å². The van der Waals surface area contributed by atoms with Crippen LogP contribution in [0.3, 0.4) is 0 Å². The standard InChI is InChI=1S/C8H13NO5/c1-3(10)9-4-2-5(11)7(13)8(14)6(4)12/h4,6-8,12-14H,2H2,1H3,(H,9,10)/t4-,6+,7-,8-/m1/s1. The van der Waals surface area contributed by atoms with E-state index in [1.807, 2.05) is 0 Å². The molecule has 0 heterocycles. The molecule has 6 nitrogen and oxygen atoms in total. The van der Waals surface area contributed by atoms with Crippen molar-refractivity contribution in [2.75, 3.05) is 0 Å². The molecular weight excluding hydrogens is 190 g/mol. The van der Waals surface area contributed by atoms with Gasteiger partial charge in [0.2, 0.25) is 5.91 Å². The van der Waals surface area contributed by atoms with Gasteiger partial charge in [0, 0.05) is 13.3 Å². The Bertz CT molecular complexity index is 254. The van der Waals surface area contributed by atoms with Crippen molar-refractivity contribution in [3.63, 3.8) is 0 Å². The van der Waals surface area contributed by atoms with Crippen LogP contribution in [0.1, 0.15) is 13.3 Å². The van der Waals surface area contributed by atoms with Gasteiger partial charge in [-0.3, -0.25) is 9.59 Å². The van der Waals surface area contributed by atoms with E-state index in [2.05, 4.69) is 5.32 Å². The quantitative estimate of drug-likeness (QED) is 0.378. The van der Waals surface area contributed by atoms with E-state index in [9.17, 15) is 19.8 Å². The van der Waals surface area contributed by atoms with E-state index in [-0.39, 0.29) is 6.42 Å². The summed E-state index contributed by atoms with van der Waals surface area (Å²) in [5, 5.41) is 30.1. The lowest BCUT2D eigenvalue weighted by Gasteiger charge is -2.34. The third kappa shape index (κ3) is 2.09. The molecule has 0 unspecified atom stereocenters. The number of carbonyl (C=O) groups is 2. The van der Waals surface area contributed by atoms with Crippen LogP contribution >= 0.6 is 0 Å². The van der Waals surface area contributed by atoms with Gasteiger partial charge in [-0.15, -0.1) is 0 Å². The molecule has 0 aromatic rings. The molecule has 1 rings (SSSR count). The average Bonchev–Trinajstić information content (AvgIpc) is 2.10. The highest BCUT2D eigenvalue weighted by molar-refractivity contribution is 5.86. The fourth-order valence-corrected chi connectivity index (χ4v) is 1.47. The van der Waals surface area contributed by atoms with E-state index in [0.29, 0.717) is 0 Å². The van der Waals surface area contributed by atoms with Gasteiger partial charge < -0.3 is 20.6 Å². The van der Waals surface area contributed by atoms with Crippen LogP contribution in [0.25, 0.3) is 0 Å². The first-order valence-electron chi connectivity index (χ1n) is 4.27. The van der Waals surface area contributed by atoms with Crippen molar-refractivity contribution in [2.45, 2.75) is 37.7 Å². The highest BCUT2D eigenvalue weighted by atomic mass is 16.4. The van der Waals surface area contributed by atoms with Gasteiger partial charge in [-0.05, 0) is 0 Å². The average molecular weight is 203 g/mol. The fraction of sp³-hybridized carbons (Fsp3) is 0.750. The van der Waals surface area contributed by atoms with Gasteiger partial charge in [0.1, 0.15) is 18.3 Å². The number of Topliss-reactive ketones (excluding diaryl/α,β-unsaturated/α-hetero) is 1. The number of hydrogen-bond donors (Lipinski definition) is 4. The smallest absolute Gasteiger partial charge is 0.217 e. The van der Waals surface area contributed by atoms with E-state index in [4.69, 9.17) is 5.11 Å². The summed E-state index contributed by atoms with van der Waals surface area (Å²) < 4.78 is 0. The number of amides is 1. The highest BCUT2D eigenvalue weighted by Crippen LogP contribution is 2.17. The zero-order valence-corrected chi connectivity index (χ0v) is 7.67. The largest absolute Gasteiger partial charge is 0.388 e. The molecule has 4 atom stereocenters. The molecule has 6 heteroatoms. The Labute approximate surface area is 80.5 Å². The van der Waals surface area contributed by atoms with E-state index < -0.39 is 36.0 Å². The van der Waals surface area contributed by atoms with Crippen molar-refractivity contribution in [3.8, 4) is 0 Å². The van der Waals surface area contributed by atoms with Crippen molar-refractivity contribution in [1.29, 1.82) is 0 Å². The van der Waals surface area contributed by atoms with Crippen LogP contribution in [0, 0.1) is 0 Å². The molecule has 0 radical (unpaired) electrons. The number of ketones is 1. The van der Waals surface area contributed by atoms with Gasteiger partial charge in [0.05, 0.1) is 6.04 Å². The summed E-state index contributed by atoms with van der Waals surface area (Å²) in [5.41, 5.74) is 0. The van der Waals surface area contributed by atoms with E-state index in [1.165, 1.54) is 6.92 Å². The van der Waals surface area contributed by atoms with Crippen LogP contribution < -0.4 is 5.32 Å². The molecule has 0 spiro atoms. The Morgan fingerprint density at radius 3 is 2.43 bits per heavy atom. The van der Waals surface area contributed by atoms with Gasteiger partial charge >= 0.3 is 0 Å². The van der Waals surface area contributed by atoms with Gasteiger partial charge in [0.25, 0.3) is 0 Å². The molecule has 0 aliphatic heterocycles. The molecular formula is C8H13NO5. The summed E-state index contributed by atoms with van der Waals surface area (Å²) >= 11 is 0. The first-order valence-corrected chi connectivity index (χ1v) is 4.27. The third-order valence-corrected chi connectivity index (χ3v) is 2.23. The molecule has 1 aliphatic carbocycles. The van der Waals surface area contributed by atoms with E-state index >= 15 is 0 Å². The third-order valence-electron chi connectivity index (χ3n) is 2.23. The van der Waals surface area contributed by atoms with Gasteiger partial charge in [-0.25, -0.2) is 0 Å². The van der Waals surface area contributed by atoms with Crippen molar-refractivity contribution in [1.82, 2.24) is 5.32 Å². The number of aliphatic hydroxyl groups excluding tert-OH is 3. The molecule has 14 heavy (non-hydrogen) atoms. The molecule has 1 saturated carbocycles. The van der Waals surface area contributed by atoms with Crippen LogP contribution in [0.4, 0.5) is 0 Å². The zero-order valence-electron chi connectivity index (χ0n) is 7.67.